The summed E-state index contributed by atoms with van der Waals surface area (Å²) in [5.41, 5.74) is 3.89. The molecule has 0 saturated carbocycles. The summed E-state index contributed by atoms with van der Waals surface area (Å²) < 4.78 is 5.35. The molecule has 2 aromatic carbocycles. The fourth-order valence-corrected chi connectivity index (χ4v) is 3.74. The highest BCUT2D eigenvalue weighted by Crippen LogP contribution is 2.29. The highest BCUT2D eigenvalue weighted by molar-refractivity contribution is 7.98. The Hall–Kier alpha value is -1.78. The summed E-state index contributed by atoms with van der Waals surface area (Å²) in [6.45, 7) is 0. The van der Waals surface area contributed by atoms with Crippen molar-refractivity contribution in [1.82, 2.24) is 10.1 Å². The average molecular weight is 343 g/mol. The van der Waals surface area contributed by atoms with Crippen LogP contribution in [0.3, 0.4) is 0 Å². The van der Waals surface area contributed by atoms with Gasteiger partial charge in [0.25, 0.3) is 0 Å². The number of hydrogen-bond donors (Lipinski definition) is 0. The van der Waals surface area contributed by atoms with Gasteiger partial charge in [-0.05, 0) is 66.8 Å². The normalized spacial score (nSPS) is 13.3. The first-order chi connectivity index (χ1) is 11.3. The van der Waals surface area contributed by atoms with Crippen molar-refractivity contribution in [2.75, 3.05) is 0 Å². The first kappa shape index (κ1) is 14.8. The standard InChI is InChI=1S/C18H15ClN2OS/c19-15-7-4-13(5-8-15)18-20-17(22-21-18)11-23-16-9-6-12-2-1-3-14(12)10-16/h4-10H,1-3,11H2. The van der Waals surface area contributed by atoms with Crippen molar-refractivity contribution in [1.29, 1.82) is 0 Å². The van der Waals surface area contributed by atoms with Crippen LogP contribution in [0, 0.1) is 0 Å². The van der Waals surface area contributed by atoms with E-state index in [0.29, 0.717) is 22.5 Å². The molecule has 1 aromatic heterocycles. The molecule has 0 unspecified atom stereocenters. The SMILES string of the molecule is Clc1ccc(-c2noc(CSc3ccc4c(c3)CCC4)n2)cc1. The lowest BCUT2D eigenvalue weighted by Crippen LogP contribution is -1.85. The Labute approximate surface area is 144 Å². The predicted octanol–water partition coefficient (Wildman–Crippen LogP) is 5.17. The third-order valence-corrected chi connectivity index (χ3v) is 5.23. The van der Waals surface area contributed by atoms with Crippen LogP contribution in [-0.4, -0.2) is 10.1 Å². The van der Waals surface area contributed by atoms with Crippen molar-refractivity contribution in [2.24, 2.45) is 0 Å². The fourth-order valence-electron chi connectivity index (χ4n) is 2.81. The number of rotatable bonds is 4. The number of halogens is 1. The topological polar surface area (TPSA) is 38.9 Å². The Morgan fingerprint density at radius 2 is 1.87 bits per heavy atom. The first-order valence-corrected chi connectivity index (χ1v) is 8.97. The molecule has 3 nitrogen and oxygen atoms in total. The summed E-state index contributed by atoms with van der Waals surface area (Å²) in [5, 5.41) is 4.74. The van der Waals surface area contributed by atoms with Gasteiger partial charge in [-0.15, -0.1) is 11.8 Å². The fraction of sp³-hybridized carbons (Fsp3) is 0.222. The second-order valence-electron chi connectivity index (χ2n) is 5.59. The van der Waals surface area contributed by atoms with Crippen LogP contribution in [0.4, 0.5) is 0 Å². The zero-order valence-electron chi connectivity index (χ0n) is 12.5. The molecule has 0 fully saturated rings. The first-order valence-electron chi connectivity index (χ1n) is 7.61. The molecule has 0 aliphatic heterocycles. The van der Waals surface area contributed by atoms with E-state index in [1.54, 1.807) is 11.8 Å². The monoisotopic (exact) mass is 342 g/mol. The van der Waals surface area contributed by atoms with Crippen LogP contribution in [0.2, 0.25) is 5.02 Å². The Morgan fingerprint density at radius 1 is 1.04 bits per heavy atom. The number of nitrogens with zero attached hydrogens (tertiary/aromatic N) is 2. The summed E-state index contributed by atoms with van der Waals surface area (Å²) in [6, 6.07) is 14.2. The summed E-state index contributed by atoms with van der Waals surface area (Å²) in [6.07, 6.45) is 3.69. The number of thioether (sulfide) groups is 1. The number of aromatic nitrogens is 2. The van der Waals surface area contributed by atoms with Gasteiger partial charge < -0.3 is 4.52 Å². The Balaban J connectivity index is 1.44. The van der Waals surface area contributed by atoms with Crippen LogP contribution in [-0.2, 0) is 18.6 Å². The quantitative estimate of drug-likeness (QED) is 0.613. The van der Waals surface area contributed by atoms with Crippen LogP contribution in [0.25, 0.3) is 11.4 Å². The van der Waals surface area contributed by atoms with Crippen molar-refractivity contribution in [3.63, 3.8) is 0 Å². The Bertz CT molecular complexity index is 829. The average Bonchev–Trinajstić information content (AvgIpc) is 3.22. The van der Waals surface area contributed by atoms with E-state index < -0.39 is 0 Å². The van der Waals surface area contributed by atoms with Crippen LogP contribution in [0.1, 0.15) is 23.4 Å². The third kappa shape index (κ3) is 3.28. The van der Waals surface area contributed by atoms with E-state index in [9.17, 15) is 0 Å². The molecule has 5 heteroatoms. The molecule has 0 saturated heterocycles. The van der Waals surface area contributed by atoms with Crippen LogP contribution >= 0.6 is 23.4 Å². The maximum atomic E-state index is 5.89. The molecule has 0 amide bonds. The molecule has 4 rings (SSSR count). The van der Waals surface area contributed by atoms with E-state index in [1.165, 1.54) is 35.3 Å². The number of hydrogen-bond acceptors (Lipinski definition) is 4. The lowest BCUT2D eigenvalue weighted by Gasteiger charge is -2.02. The molecule has 23 heavy (non-hydrogen) atoms. The van der Waals surface area contributed by atoms with Gasteiger partial charge in [-0.1, -0.05) is 22.8 Å². The summed E-state index contributed by atoms with van der Waals surface area (Å²) in [5.74, 6) is 1.92. The lowest BCUT2D eigenvalue weighted by atomic mass is 10.1. The number of benzene rings is 2. The van der Waals surface area contributed by atoms with Crippen molar-refractivity contribution >= 4 is 23.4 Å². The zero-order valence-corrected chi connectivity index (χ0v) is 14.0. The molecule has 0 bridgehead atoms. The van der Waals surface area contributed by atoms with Gasteiger partial charge in [0.15, 0.2) is 0 Å². The highest BCUT2D eigenvalue weighted by Gasteiger charge is 2.12. The maximum Gasteiger partial charge on any atom is 0.237 e. The molecule has 1 aliphatic carbocycles. The van der Waals surface area contributed by atoms with Gasteiger partial charge in [0, 0.05) is 15.5 Å². The summed E-state index contributed by atoms with van der Waals surface area (Å²) in [7, 11) is 0. The predicted molar refractivity (Wildman–Crippen MR) is 92.8 cm³/mol. The van der Waals surface area contributed by atoms with E-state index in [4.69, 9.17) is 16.1 Å². The minimum Gasteiger partial charge on any atom is -0.338 e. The Kier molecular flexibility index (Phi) is 4.10. The van der Waals surface area contributed by atoms with Crippen LogP contribution in [0.5, 0.6) is 0 Å². The molecule has 3 aromatic rings. The van der Waals surface area contributed by atoms with Gasteiger partial charge in [-0.2, -0.15) is 4.98 Å². The van der Waals surface area contributed by atoms with Crippen molar-refractivity contribution in [3.05, 3.63) is 64.5 Å². The summed E-state index contributed by atoms with van der Waals surface area (Å²) in [4.78, 5) is 5.72. The van der Waals surface area contributed by atoms with Gasteiger partial charge >= 0.3 is 0 Å². The number of fused-ring (bicyclic) bond motifs is 1. The van der Waals surface area contributed by atoms with E-state index in [1.807, 2.05) is 24.3 Å². The van der Waals surface area contributed by atoms with E-state index in [-0.39, 0.29) is 0 Å². The molecule has 0 radical (unpaired) electrons. The highest BCUT2D eigenvalue weighted by atomic mass is 35.5. The van der Waals surface area contributed by atoms with Crippen LogP contribution < -0.4 is 0 Å². The smallest absolute Gasteiger partial charge is 0.237 e. The van der Waals surface area contributed by atoms with Crippen molar-refractivity contribution in [2.45, 2.75) is 29.9 Å². The van der Waals surface area contributed by atoms with Crippen molar-refractivity contribution in [3.8, 4) is 11.4 Å². The molecule has 116 valence electrons. The number of aryl methyl sites for hydroxylation is 2. The summed E-state index contributed by atoms with van der Waals surface area (Å²) >= 11 is 7.63. The second-order valence-corrected chi connectivity index (χ2v) is 7.08. The Morgan fingerprint density at radius 3 is 2.74 bits per heavy atom. The van der Waals surface area contributed by atoms with Gasteiger partial charge in [0.05, 0.1) is 5.75 Å². The molecular formula is C18H15ClN2OS. The van der Waals surface area contributed by atoms with Crippen LogP contribution in [0.15, 0.2) is 51.9 Å². The van der Waals surface area contributed by atoms with Gasteiger partial charge in [-0.25, -0.2) is 0 Å². The molecule has 1 heterocycles. The molecule has 1 aliphatic rings. The molecular weight excluding hydrogens is 328 g/mol. The van der Waals surface area contributed by atoms with Crippen molar-refractivity contribution < 1.29 is 4.52 Å². The van der Waals surface area contributed by atoms with E-state index in [0.717, 1.165) is 5.56 Å². The largest absolute Gasteiger partial charge is 0.338 e. The minimum atomic E-state index is 0.603. The lowest BCUT2D eigenvalue weighted by molar-refractivity contribution is 0.391. The van der Waals surface area contributed by atoms with E-state index in [2.05, 4.69) is 28.3 Å². The molecule has 0 N–H and O–H groups in total. The van der Waals surface area contributed by atoms with E-state index >= 15 is 0 Å². The van der Waals surface area contributed by atoms with Gasteiger partial charge in [0.2, 0.25) is 11.7 Å². The van der Waals surface area contributed by atoms with Gasteiger partial charge in [-0.3, -0.25) is 0 Å². The molecule has 0 atom stereocenters. The van der Waals surface area contributed by atoms with Gasteiger partial charge in [0.1, 0.15) is 0 Å². The minimum absolute atomic E-state index is 0.603. The third-order valence-electron chi connectivity index (χ3n) is 4.00. The maximum absolute atomic E-state index is 5.89. The zero-order chi connectivity index (χ0) is 15.6. The molecule has 0 spiro atoms. The second kappa shape index (κ2) is 6.38.